The van der Waals surface area contributed by atoms with Crippen LogP contribution < -0.4 is 10.0 Å². The van der Waals surface area contributed by atoms with Crippen LogP contribution >= 0.6 is 11.3 Å². The molecule has 0 aliphatic rings. The van der Waals surface area contributed by atoms with Gasteiger partial charge in [0.05, 0.1) is 17.0 Å². The molecule has 0 radical (unpaired) electrons. The standard InChI is InChI=1S/C19H19N3O3S2/c1-13-8-9-14(2)17(10-13)21-18(23)11-15-12-26-19(20-15)22-27(24,25)16-6-4-3-5-7-16/h3-10,12H,11H2,1-2H3,(H,20,22)(H,21,23). The van der Waals surface area contributed by atoms with Crippen LogP contribution in [0.3, 0.4) is 0 Å². The molecule has 6 nitrogen and oxygen atoms in total. The largest absolute Gasteiger partial charge is 0.325 e. The van der Waals surface area contributed by atoms with Gasteiger partial charge in [-0.1, -0.05) is 30.3 Å². The van der Waals surface area contributed by atoms with Crippen molar-refractivity contribution in [3.05, 3.63) is 70.7 Å². The molecular formula is C19H19N3O3S2. The molecule has 0 saturated heterocycles. The molecule has 0 aliphatic carbocycles. The molecule has 0 fully saturated rings. The van der Waals surface area contributed by atoms with Crippen molar-refractivity contribution in [1.82, 2.24) is 4.98 Å². The van der Waals surface area contributed by atoms with E-state index >= 15 is 0 Å². The average Bonchev–Trinajstić information content (AvgIpc) is 3.05. The smallest absolute Gasteiger partial charge is 0.263 e. The van der Waals surface area contributed by atoms with Crippen LogP contribution in [0.2, 0.25) is 0 Å². The predicted molar refractivity (Wildman–Crippen MR) is 108 cm³/mol. The number of nitrogens with zero attached hydrogens (tertiary/aromatic N) is 1. The fourth-order valence-corrected chi connectivity index (χ4v) is 4.42. The van der Waals surface area contributed by atoms with Crippen molar-refractivity contribution < 1.29 is 13.2 Å². The van der Waals surface area contributed by atoms with Crippen molar-refractivity contribution in [1.29, 1.82) is 0 Å². The summed E-state index contributed by atoms with van der Waals surface area (Å²) in [6.07, 6.45) is 0.0664. The van der Waals surface area contributed by atoms with Gasteiger partial charge in [-0.2, -0.15) is 0 Å². The Morgan fingerprint density at radius 2 is 1.85 bits per heavy atom. The number of thiazole rings is 1. The Labute approximate surface area is 162 Å². The van der Waals surface area contributed by atoms with Gasteiger partial charge in [0, 0.05) is 11.1 Å². The molecule has 0 saturated carbocycles. The number of aromatic nitrogens is 1. The van der Waals surface area contributed by atoms with Crippen molar-refractivity contribution in [2.45, 2.75) is 25.2 Å². The summed E-state index contributed by atoms with van der Waals surface area (Å²) in [5, 5.41) is 4.77. The van der Waals surface area contributed by atoms with Crippen LogP contribution in [0.5, 0.6) is 0 Å². The molecule has 3 rings (SSSR count). The average molecular weight is 402 g/mol. The summed E-state index contributed by atoms with van der Waals surface area (Å²) in [5.41, 5.74) is 3.31. The van der Waals surface area contributed by atoms with E-state index < -0.39 is 10.0 Å². The zero-order valence-electron chi connectivity index (χ0n) is 14.9. The molecule has 0 bridgehead atoms. The first-order chi connectivity index (χ1) is 12.8. The number of carbonyl (C=O) groups excluding carboxylic acids is 1. The van der Waals surface area contributed by atoms with Gasteiger partial charge in [0.25, 0.3) is 10.0 Å². The summed E-state index contributed by atoms with van der Waals surface area (Å²) in [5.74, 6) is -0.202. The Morgan fingerprint density at radius 3 is 2.59 bits per heavy atom. The summed E-state index contributed by atoms with van der Waals surface area (Å²) >= 11 is 1.14. The van der Waals surface area contributed by atoms with Gasteiger partial charge in [-0.05, 0) is 43.2 Å². The number of rotatable bonds is 6. The van der Waals surface area contributed by atoms with E-state index in [1.165, 1.54) is 12.1 Å². The molecule has 0 atom stereocenters. The molecule has 3 aromatic rings. The third-order valence-corrected chi connectivity index (χ3v) is 6.13. The van der Waals surface area contributed by atoms with Crippen molar-refractivity contribution in [2.24, 2.45) is 0 Å². The van der Waals surface area contributed by atoms with Gasteiger partial charge in [0.15, 0.2) is 5.13 Å². The molecule has 27 heavy (non-hydrogen) atoms. The molecule has 140 valence electrons. The van der Waals surface area contributed by atoms with Gasteiger partial charge in [-0.3, -0.25) is 9.52 Å². The second kappa shape index (κ2) is 7.89. The van der Waals surface area contributed by atoms with Crippen LogP contribution in [0.25, 0.3) is 0 Å². The fourth-order valence-electron chi connectivity index (χ4n) is 2.44. The molecular weight excluding hydrogens is 382 g/mol. The topological polar surface area (TPSA) is 88.2 Å². The monoisotopic (exact) mass is 401 g/mol. The van der Waals surface area contributed by atoms with Crippen molar-refractivity contribution in [3.8, 4) is 0 Å². The summed E-state index contributed by atoms with van der Waals surface area (Å²) in [6, 6.07) is 13.9. The first kappa shape index (κ1) is 19.1. The second-order valence-corrected chi connectivity index (χ2v) is 8.65. The highest BCUT2D eigenvalue weighted by Gasteiger charge is 2.16. The van der Waals surface area contributed by atoms with Crippen LogP contribution in [-0.2, 0) is 21.2 Å². The molecule has 0 unspecified atom stereocenters. The molecule has 1 heterocycles. The highest BCUT2D eigenvalue weighted by molar-refractivity contribution is 7.93. The lowest BCUT2D eigenvalue weighted by atomic mass is 10.1. The van der Waals surface area contributed by atoms with Gasteiger partial charge in [-0.15, -0.1) is 11.3 Å². The number of anilines is 2. The first-order valence-corrected chi connectivity index (χ1v) is 10.6. The van der Waals surface area contributed by atoms with E-state index in [0.717, 1.165) is 28.2 Å². The van der Waals surface area contributed by atoms with Gasteiger partial charge in [0.1, 0.15) is 0 Å². The third-order valence-electron chi connectivity index (χ3n) is 3.84. The van der Waals surface area contributed by atoms with Crippen LogP contribution in [0.1, 0.15) is 16.8 Å². The SMILES string of the molecule is Cc1ccc(C)c(NC(=O)Cc2csc(NS(=O)(=O)c3ccccc3)n2)c1. The fraction of sp³-hybridized carbons (Fsp3) is 0.158. The van der Waals surface area contributed by atoms with Crippen LogP contribution in [0.15, 0.2) is 58.8 Å². The van der Waals surface area contributed by atoms with Crippen molar-refractivity contribution in [2.75, 3.05) is 10.0 Å². The Hall–Kier alpha value is -2.71. The summed E-state index contributed by atoms with van der Waals surface area (Å²) < 4.78 is 27.1. The van der Waals surface area contributed by atoms with E-state index in [9.17, 15) is 13.2 Å². The summed E-state index contributed by atoms with van der Waals surface area (Å²) in [6.45, 7) is 3.88. The van der Waals surface area contributed by atoms with Crippen molar-refractivity contribution >= 4 is 38.1 Å². The summed E-state index contributed by atoms with van der Waals surface area (Å²) in [7, 11) is -3.69. The molecule has 2 aromatic carbocycles. The summed E-state index contributed by atoms with van der Waals surface area (Å²) in [4.78, 5) is 16.6. The van der Waals surface area contributed by atoms with Gasteiger partial charge in [-0.25, -0.2) is 13.4 Å². The van der Waals surface area contributed by atoms with E-state index in [0.29, 0.717) is 5.69 Å². The van der Waals surface area contributed by atoms with Crippen LogP contribution in [-0.4, -0.2) is 19.3 Å². The molecule has 1 amide bonds. The maximum atomic E-state index is 12.3. The van der Waals surface area contributed by atoms with E-state index in [1.54, 1.807) is 23.6 Å². The lowest BCUT2D eigenvalue weighted by molar-refractivity contribution is -0.115. The Balaban J connectivity index is 1.66. The third kappa shape index (κ3) is 4.93. The predicted octanol–water partition coefficient (Wildman–Crippen LogP) is 3.74. The molecule has 0 aliphatic heterocycles. The Kier molecular flexibility index (Phi) is 5.57. The lowest BCUT2D eigenvalue weighted by Crippen LogP contribution is -2.16. The van der Waals surface area contributed by atoms with Gasteiger partial charge in [0.2, 0.25) is 5.91 Å². The number of hydrogen-bond acceptors (Lipinski definition) is 5. The molecule has 8 heteroatoms. The van der Waals surface area contributed by atoms with Gasteiger partial charge < -0.3 is 5.32 Å². The number of amides is 1. The molecule has 0 spiro atoms. The number of aryl methyl sites for hydroxylation is 2. The zero-order valence-corrected chi connectivity index (χ0v) is 16.5. The van der Waals surface area contributed by atoms with Crippen molar-refractivity contribution in [3.63, 3.8) is 0 Å². The Morgan fingerprint density at radius 1 is 1.11 bits per heavy atom. The minimum Gasteiger partial charge on any atom is -0.325 e. The van der Waals surface area contributed by atoms with Crippen LogP contribution in [0, 0.1) is 13.8 Å². The number of benzene rings is 2. The number of carbonyl (C=O) groups is 1. The van der Waals surface area contributed by atoms with E-state index in [2.05, 4.69) is 15.0 Å². The second-order valence-electron chi connectivity index (χ2n) is 6.11. The minimum atomic E-state index is -3.69. The number of nitrogens with one attached hydrogen (secondary N) is 2. The van der Waals surface area contributed by atoms with Crippen LogP contribution in [0.4, 0.5) is 10.8 Å². The molecule has 2 N–H and O–H groups in total. The lowest BCUT2D eigenvalue weighted by Gasteiger charge is -2.08. The normalized spacial score (nSPS) is 11.2. The van der Waals surface area contributed by atoms with E-state index in [1.807, 2.05) is 32.0 Å². The number of sulfonamides is 1. The maximum Gasteiger partial charge on any atom is 0.263 e. The Bertz CT molecular complexity index is 1060. The van der Waals surface area contributed by atoms with E-state index in [-0.39, 0.29) is 22.4 Å². The highest BCUT2D eigenvalue weighted by atomic mass is 32.2. The quantitative estimate of drug-likeness (QED) is 0.659. The maximum absolute atomic E-state index is 12.3. The highest BCUT2D eigenvalue weighted by Crippen LogP contribution is 2.21. The van der Waals surface area contributed by atoms with Gasteiger partial charge >= 0.3 is 0 Å². The molecule has 1 aromatic heterocycles. The number of hydrogen-bond donors (Lipinski definition) is 2. The first-order valence-electron chi connectivity index (χ1n) is 8.23. The minimum absolute atomic E-state index is 0.0664. The zero-order chi connectivity index (χ0) is 19.4. The van der Waals surface area contributed by atoms with E-state index in [4.69, 9.17) is 0 Å².